The smallest absolute Gasteiger partial charge is 0.179 e. The van der Waals surface area contributed by atoms with Gasteiger partial charge in [-0.25, -0.2) is 0 Å². The second-order valence-electron chi connectivity index (χ2n) is 2.60. The molecular weight excluding hydrogens is 172 g/mol. The first-order valence-electron chi connectivity index (χ1n) is 3.51. The minimum atomic E-state index is 0.578. The van der Waals surface area contributed by atoms with Crippen LogP contribution in [-0.4, -0.2) is 35.0 Å². The van der Waals surface area contributed by atoms with E-state index >= 15 is 0 Å². The van der Waals surface area contributed by atoms with Crippen molar-refractivity contribution in [3.05, 3.63) is 24.0 Å². The lowest BCUT2D eigenvalue weighted by molar-refractivity contribution is 0.111. The Morgan fingerprint density at radius 1 is 1.67 bits per heavy atom. The molecule has 1 aromatic heterocycles. The molecule has 0 aliphatic rings. The van der Waals surface area contributed by atoms with Gasteiger partial charge in [-0.3, -0.25) is 9.36 Å². The van der Waals surface area contributed by atoms with Crippen LogP contribution in [0.15, 0.2) is 18.3 Å². The average molecular weight is 182 g/mol. The number of rotatable bonds is 1. The van der Waals surface area contributed by atoms with Gasteiger partial charge in [-0.1, -0.05) is 0 Å². The third-order valence-corrected chi connectivity index (χ3v) is 2.05. The van der Waals surface area contributed by atoms with Crippen molar-refractivity contribution in [3.8, 4) is 0 Å². The molecule has 0 saturated carbocycles. The molecule has 0 unspecified atom stereocenters. The van der Waals surface area contributed by atoms with E-state index in [9.17, 15) is 4.79 Å². The van der Waals surface area contributed by atoms with E-state index in [2.05, 4.69) is 0 Å². The minimum Gasteiger partial charge on any atom is -0.355 e. The molecule has 0 saturated heterocycles. The summed E-state index contributed by atoms with van der Waals surface area (Å²) in [6, 6.07) is 3.52. The van der Waals surface area contributed by atoms with Gasteiger partial charge in [0.1, 0.15) is 0 Å². The van der Waals surface area contributed by atoms with E-state index in [0.717, 1.165) is 6.29 Å². The summed E-state index contributed by atoms with van der Waals surface area (Å²) in [7, 11) is 3.69. The minimum absolute atomic E-state index is 0.578. The molecule has 3 nitrogen and oxygen atoms in total. The summed E-state index contributed by atoms with van der Waals surface area (Å²) in [6.07, 6.45) is 2.56. The summed E-state index contributed by atoms with van der Waals surface area (Å²) in [6.45, 7) is 0. The first-order chi connectivity index (χ1) is 5.66. The molecule has 0 bridgehead atoms. The molecule has 0 amide bonds. The van der Waals surface area contributed by atoms with Crippen LogP contribution in [0.25, 0.3) is 0 Å². The van der Waals surface area contributed by atoms with Gasteiger partial charge in [-0.05, 0) is 24.4 Å². The lowest BCUT2D eigenvalue weighted by Gasteiger charge is -2.15. The Morgan fingerprint density at radius 3 is 2.83 bits per heavy atom. The van der Waals surface area contributed by atoms with Crippen LogP contribution >= 0.6 is 12.2 Å². The van der Waals surface area contributed by atoms with Gasteiger partial charge in [0, 0.05) is 20.3 Å². The Labute approximate surface area is 76.6 Å². The zero-order valence-electron chi connectivity index (χ0n) is 7.02. The van der Waals surface area contributed by atoms with Crippen molar-refractivity contribution in [2.75, 3.05) is 14.1 Å². The van der Waals surface area contributed by atoms with E-state index in [1.165, 1.54) is 0 Å². The van der Waals surface area contributed by atoms with Crippen LogP contribution in [0.3, 0.4) is 0 Å². The quantitative estimate of drug-likeness (QED) is 0.478. The Balaban J connectivity index is 3.01. The zero-order valence-corrected chi connectivity index (χ0v) is 7.84. The maximum atomic E-state index is 10.5. The molecule has 0 fully saturated rings. The van der Waals surface area contributed by atoms with Gasteiger partial charge >= 0.3 is 0 Å². The molecule has 0 atom stereocenters. The summed E-state index contributed by atoms with van der Waals surface area (Å²) in [5.74, 6) is 0. The molecule has 1 aromatic rings. The summed E-state index contributed by atoms with van der Waals surface area (Å²) in [4.78, 5) is 12.3. The van der Waals surface area contributed by atoms with E-state index < -0.39 is 0 Å². The normalized spacial score (nSPS) is 9.50. The SMILES string of the molecule is CN(C)C(=S)n1cccc1C=O. The monoisotopic (exact) mass is 182 g/mol. The van der Waals surface area contributed by atoms with Crippen molar-refractivity contribution in [2.24, 2.45) is 0 Å². The third kappa shape index (κ3) is 1.53. The lowest BCUT2D eigenvalue weighted by atomic mass is 10.5. The largest absolute Gasteiger partial charge is 0.355 e. The Morgan fingerprint density at radius 2 is 2.33 bits per heavy atom. The summed E-state index contributed by atoms with van der Waals surface area (Å²) in [5.41, 5.74) is 0.578. The summed E-state index contributed by atoms with van der Waals surface area (Å²) >= 11 is 5.08. The van der Waals surface area contributed by atoms with Crippen LogP contribution in [0, 0.1) is 0 Å². The second kappa shape index (κ2) is 3.49. The molecule has 0 aromatic carbocycles. The molecule has 12 heavy (non-hydrogen) atoms. The van der Waals surface area contributed by atoms with Crippen molar-refractivity contribution >= 4 is 23.6 Å². The number of hydrogen-bond acceptors (Lipinski definition) is 2. The molecule has 0 N–H and O–H groups in total. The van der Waals surface area contributed by atoms with Gasteiger partial charge in [0.05, 0.1) is 5.69 Å². The number of carbonyl (C=O) groups excluding carboxylic acids is 1. The highest BCUT2D eigenvalue weighted by atomic mass is 32.1. The number of nitrogens with zero attached hydrogens (tertiary/aromatic N) is 2. The van der Waals surface area contributed by atoms with Crippen LogP contribution < -0.4 is 0 Å². The number of thiocarbonyl (C=S) groups is 1. The average Bonchev–Trinajstić information content (AvgIpc) is 2.49. The van der Waals surface area contributed by atoms with Gasteiger partial charge in [-0.2, -0.15) is 0 Å². The van der Waals surface area contributed by atoms with Gasteiger partial charge in [0.25, 0.3) is 0 Å². The molecule has 0 aliphatic heterocycles. The van der Waals surface area contributed by atoms with Gasteiger partial charge in [0.15, 0.2) is 11.4 Å². The fourth-order valence-corrected chi connectivity index (χ4v) is 1.05. The first-order valence-corrected chi connectivity index (χ1v) is 3.92. The highest BCUT2D eigenvalue weighted by Crippen LogP contribution is 2.00. The van der Waals surface area contributed by atoms with Crippen LogP contribution in [0.1, 0.15) is 10.5 Å². The van der Waals surface area contributed by atoms with Crippen LogP contribution in [0.5, 0.6) is 0 Å². The topological polar surface area (TPSA) is 25.2 Å². The lowest BCUT2D eigenvalue weighted by Crippen LogP contribution is -2.27. The second-order valence-corrected chi connectivity index (χ2v) is 2.96. The Bertz CT molecular complexity index is 304. The predicted octanol–water partition coefficient (Wildman–Crippen LogP) is 0.995. The molecule has 0 radical (unpaired) electrons. The number of carbonyl (C=O) groups is 1. The van der Waals surface area contributed by atoms with Crippen LogP contribution in [0.2, 0.25) is 0 Å². The highest BCUT2D eigenvalue weighted by molar-refractivity contribution is 7.80. The first kappa shape index (κ1) is 8.93. The van der Waals surface area contributed by atoms with Gasteiger partial charge < -0.3 is 4.90 Å². The van der Waals surface area contributed by atoms with Crippen LogP contribution in [0.4, 0.5) is 0 Å². The van der Waals surface area contributed by atoms with Gasteiger partial charge in [-0.15, -0.1) is 0 Å². The number of aromatic nitrogens is 1. The van der Waals surface area contributed by atoms with Crippen molar-refractivity contribution in [1.82, 2.24) is 9.47 Å². The molecular formula is C8H10N2OS. The number of hydrogen-bond donors (Lipinski definition) is 0. The van der Waals surface area contributed by atoms with Crippen molar-refractivity contribution in [2.45, 2.75) is 0 Å². The fourth-order valence-electron chi connectivity index (χ4n) is 0.880. The van der Waals surface area contributed by atoms with E-state index in [-0.39, 0.29) is 0 Å². The fraction of sp³-hybridized carbons (Fsp3) is 0.250. The van der Waals surface area contributed by atoms with Crippen molar-refractivity contribution in [3.63, 3.8) is 0 Å². The highest BCUT2D eigenvalue weighted by Gasteiger charge is 2.05. The Hall–Kier alpha value is -1.16. The molecule has 4 heteroatoms. The number of aldehydes is 1. The summed E-state index contributed by atoms with van der Waals surface area (Å²) in [5, 5.41) is 0.613. The predicted molar refractivity (Wildman–Crippen MR) is 51.5 cm³/mol. The molecule has 1 rings (SSSR count). The van der Waals surface area contributed by atoms with Crippen molar-refractivity contribution < 1.29 is 4.79 Å². The summed E-state index contributed by atoms with van der Waals surface area (Å²) < 4.78 is 1.67. The maximum absolute atomic E-state index is 10.5. The maximum Gasteiger partial charge on any atom is 0.179 e. The van der Waals surface area contributed by atoms with Gasteiger partial charge in [0.2, 0.25) is 0 Å². The zero-order chi connectivity index (χ0) is 9.14. The van der Waals surface area contributed by atoms with Crippen LogP contribution in [-0.2, 0) is 0 Å². The Kier molecular flexibility index (Phi) is 2.60. The van der Waals surface area contributed by atoms with E-state index in [1.807, 2.05) is 14.1 Å². The molecule has 0 spiro atoms. The standard InChI is InChI=1S/C8H10N2OS/c1-9(2)8(12)10-5-3-4-7(10)6-11/h3-6H,1-2H3. The third-order valence-electron chi connectivity index (χ3n) is 1.49. The van der Waals surface area contributed by atoms with Crippen molar-refractivity contribution in [1.29, 1.82) is 0 Å². The molecule has 0 aliphatic carbocycles. The van der Waals surface area contributed by atoms with E-state index in [1.54, 1.807) is 27.8 Å². The molecule has 1 heterocycles. The molecule has 64 valence electrons. The van der Waals surface area contributed by atoms with E-state index in [0.29, 0.717) is 10.8 Å². The van der Waals surface area contributed by atoms with E-state index in [4.69, 9.17) is 12.2 Å².